The molecule has 0 saturated heterocycles. The SMILES string of the molecule is C#CCC(=O)OC1CCCC2CCCCC21. The van der Waals surface area contributed by atoms with Crippen LogP contribution in [0.4, 0.5) is 0 Å². The zero-order valence-corrected chi connectivity index (χ0v) is 9.78. The molecule has 2 aliphatic carbocycles. The van der Waals surface area contributed by atoms with Gasteiger partial charge in [0.05, 0.1) is 0 Å². The van der Waals surface area contributed by atoms with E-state index in [-0.39, 0.29) is 18.5 Å². The van der Waals surface area contributed by atoms with Crippen LogP contribution in [-0.2, 0) is 9.53 Å². The molecule has 0 spiro atoms. The van der Waals surface area contributed by atoms with E-state index in [4.69, 9.17) is 11.2 Å². The zero-order valence-electron chi connectivity index (χ0n) is 9.78. The maximum atomic E-state index is 11.4. The van der Waals surface area contributed by atoms with E-state index in [0.29, 0.717) is 5.92 Å². The topological polar surface area (TPSA) is 26.3 Å². The van der Waals surface area contributed by atoms with Crippen molar-refractivity contribution in [2.45, 2.75) is 57.5 Å². The summed E-state index contributed by atoms with van der Waals surface area (Å²) in [5.74, 6) is 3.56. The van der Waals surface area contributed by atoms with Crippen molar-refractivity contribution in [1.82, 2.24) is 0 Å². The Morgan fingerprint density at radius 1 is 1.19 bits per heavy atom. The summed E-state index contributed by atoms with van der Waals surface area (Å²) in [5, 5.41) is 0. The second-order valence-electron chi connectivity index (χ2n) is 5.05. The summed E-state index contributed by atoms with van der Waals surface area (Å²) in [4.78, 5) is 11.4. The van der Waals surface area contributed by atoms with E-state index >= 15 is 0 Å². The summed E-state index contributed by atoms with van der Waals surface area (Å²) >= 11 is 0. The van der Waals surface area contributed by atoms with Crippen molar-refractivity contribution in [3.05, 3.63) is 0 Å². The molecule has 2 saturated carbocycles. The highest BCUT2D eigenvalue weighted by Gasteiger charge is 2.36. The summed E-state index contributed by atoms with van der Waals surface area (Å²) in [7, 11) is 0. The van der Waals surface area contributed by atoms with Gasteiger partial charge in [-0.3, -0.25) is 4.79 Å². The molecule has 0 heterocycles. The van der Waals surface area contributed by atoms with Crippen LogP contribution in [0.2, 0.25) is 0 Å². The highest BCUT2D eigenvalue weighted by Crippen LogP contribution is 2.41. The molecule has 3 atom stereocenters. The molecule has 0 aromatic heterocycles. The maximum Gasteiger partial charge on any atom is 0.318 e. The number of hydrogen-bond donors (Lipinski definition) is 0. The number of ether oxygens (including phenoxy) is 1. The van der Waals surface area contributed by atoms with Gasteiger partial charge in [0.15, 0.2) is 0 Å². The van der Waals surface area contributed by atoms with Crippen LogP contribution in [0.5, 0.6) is 0 Å². The zero-order chi connectivity index (χ0) is 11.4. The van der Waals surface area contributed by atoms with E-state index in [1.807, 2.05) is 0 Å². The van der Waals surface area contributed by atoms with Gasteiger partial charge in [-0.1, -0.05) is 25.2 Å². The number of fused-ring (bicyclic) bond motifs is 1. The molecular weight excluding hydrogens is 200 g/mol. The second-order valence-corrected chi connectivity index (χ2v) is 5.05. The lowest BCUT2D eigenvalue weighted by atomic mass is 9.69. The minimum absolute atomic E-state index is 0.119. The monoisotopic (exact) mass is 220 g/mol. The molecule has 0 N–H and O–H groups in total. The number of terminal acetylenes is 1. The van der Waals surface area contributed by atoms with Gasteiger partial charge in [0, 0.05) is 0 Å². The van der Waals surface area contributed by atoms with Gasteiger partial charge < -0.3 is 4.74 Å². The van der Waals surface area contributed by atoms with Crippen LogP contribution in [0.3, 0.4) is 0 Å². The Morgan fingerprint density at radius 3 is 2.75 bits per heavy atom. The van der Waals surface area contributed by atoms with Crippen LogP contribution in [-0.4, -0.2) is 12.1 Å². The summed E-state index contributed by atoms with van der Waals surface area (Å²) in [6.45, 7) is 0. The van der Waals surface area contributed by atoms with Gasteiger partial charge in [-0.05, 0) is 37.5 Å². The van der Waals surface area contributed by atoms with Crippen LogP contribution in [0.15, 0.2) is 0 Å². The van der Waals surface area contributed by atoms with E-state index in [9.17, 15) is 4.79 Å². The Kier molecular flexibility index (Phi) is 3.88. The first-order valence-corrected chi connectivity index (χ1v) is 6.44. The fourth-order valence-electron chi connectivity index (χ4n) is 3.32. The normalized spacial score (nSPS) is 33.6. The molecule has 3 unspecified atom stereocenters. The quantitative estimate of drug-likeness (QED) is 0.528. The Labute approximate surface area is 97.7 Å². The Morgan fingerprint density at radius 2 is 1.94 bits per heavy atom. The summed E-state index contributed by atoms with van der Waals surface area (Å²) < 4.78 is 5.52. The van der Waals surface area contributed by atoms with Gasteiger partial charge >= 0.3 is 5.97 Å². The molecule has 0 bridgehead atoms. The molecule has 0 aliphatic heterocycles. The molecule has 16 heavy (non-hydrogen) atoms. The van der Waals surface area contributed by atoms with Crippen LogP contribution in [0, 0.1) is 24.2 Å². The van der Waals surface area contributed by atoms with E-state index in [1.165, 1.54) is 38.5 Å². The minimum Gasteiger partial charge on any atom is -0.461 e. The van der Waals surface area contributed by atoms with E-state index in [1.54, 1.807) is 0 Å². The largest absolute Gasteiger partial charge is 0.461 e. The molecular formula is C14H20O2. The van der Waals surface area contributed by atoms with Gasteiger partial charge in [-0.25, -0.2) is 0 Å². The summed E-state index contributed by atoms with van der Waals surface area (Å²) in [5.41, 5.74) is 0. The van der Waals surface area contributed by atoms with Crippen LogP contribution in [0.25, 0.3) is 0 Å². The van der Waals surface area contributed by atoms with Gasteiger partial charge in [-0.2, -0.15) is 0 Å². The van der Waals surface area contributed by atoms with Crippen molar-refractivity contribution >= 4 is 5.97 Å². The lowest BCUT2D eigenvalue weighted by molar-refractivity contribution is -0.155. The molecule has 2 nitrogen and oxygen atoms in total. The number of carbonyl (C=O) groups is 1. The minimum atomic E-state index is -0.210. The van der Waals surface area contributed by atoms with Crippen LogP contribution < -0.4 is 0 Å². The Hall–Kier alpha value is -0.970. The van der Waals surface area contributed by atoms with Gasteiger partial charge in [0.1, 0.15) is 12.5 Å². The highest BCUT2D eigenvalue weighted by molar-refractivity contribution is 5.72. The van der Waals surface area contributed by atoms with E-state index in [0.717, 1.165) is 12.3 Å². The third kappa shape index (κ3) is 2.58. The Bertz CT molecular complexity index is 288. The average molecular weight is 220 g/mol. The van der Waals surface area contributed by atoms with Gasteiger partial charge in [-0.15, -0.1) is 6.42 Å². The fraction of sp³-hybridized carbons (Fsp3) is 0.786. The predicted octanol–water partition coefficient (Wildman–Crippen LogP) is 2.91. The molecule has 0 amide bonds. The highest BCUT2D eigenvalue weighted by atomic mass is 16.5. The lowest BCUT2D eigenvalue weighted by Gasteiger charge is -2.40. The molecule has 2 fully saturated rings. The number of hydrogen-bond acceptors (Lipinski definition) is 2. The standard InChI is InChI=1S/C14H20O2/c1-2-6-14(15)16-13-10-5-8-11-7-3-4-9-12(11)13/h1,11-13H,3-10H2. The van der Waals surface area contributed by atoms with Crippen molar-refractivity contribution < 1.29 is 9.53 Å². The molecule has 0 radical (unpaired) electrons. The van der Waals surface area contributed by atoms with Gasteiger partial charge in [0.2, 0.25) is 0 Å². The average Bonchev–Trinajstić information content (AvgIpc) is 2.30. The summed E-state index contributed by atoms with van der Waals surface area (Å²) in [6, 6.07) is 0. The third-order valence-electron chi connectivity index (χ3n) is 4.04. The first-order valence-electron chi connectivity index (χ1n) is 6.44. The number of esters is 1. The van der Waals surface area contributed by atoms with E-state index in [2.05, 4.69) is 5.92 Å². The smallest absolute Gasteiger partial charge is 0.318 e. The van der Waals surface area contributed by atoms with Crippen LogP contribution >= 0.6 is 0 Å². The lowest BCUT2D eigenvalue weighted by Crippen LogP contribution is -2.37. The molecule has 2 rings (SSSR count). The second kappa shape index (κ2) is 5.39. The van der Waals surface area contributed by atoms with Crippen molar-refractivity contribution in [1.29, 1.82) is 0 Å². The molecule has 2 heteroatoms. The predicted molar refractivity (Wildman–Crippen MR) is 62.6 cm³/mol. The first-order chi connectivity index (χ1) is 7.81. The summed E-state index contributed by atoms with van der Waals surface area (Å²) in [6.07, 6.45) is 14.2. The Balaban J connectivity index is 1.92. The van der Waals surface area contributed by atoms with Crippen molar-refractivity contribution in [3.63, 3.8) is 0 Å². The number of carbonyl (C=O) groups excluding carboxylic acids is 1. The fourth-order valence-corrected chi connectivity index (χ4v) is 3.32. The maximum absolute atomic E-state index is 11.4. The van der Waals surface area contributed by atoms with Crippen LogP contribution in [0.1, 0.15) is 51.4 Å². The number of rotatable bonds is 2. The molecule has 0 aromatic rings. The molecule has 2 aliphatic rings. The van der Waals surface area contributed by atoms with Crippen molar-refractivity contribution in [2.75, 3.05) is 0 Å². The first kappa shape index (κ1) is 11.5. The van der Waals surface area contributed by atoms with Gasteiger partial charge in [0.25, 0.3) is 0 Å². The molecule has 88 valence electrons. The third-order valence-corrected chi connectivity index (χ3v) is 4.04. The van der Waals surface area contributed by atoms with Crippen molar-refractivity contribution in [2.24, 2.45) is 11.8 Å². The van der Waals surface area contributed by atoms with Crippen molar-refractivity contribution in [3.8, 4) is 12.3 Å². The molecule has 0 aromatic carbocycles. The van der Waals surface area contributed by atoms with E-state index < -0.39 is 0 Å².